The van der Waals surface area contributed by atoms with Crippen LogP contribution >= 0.6 is 0 Å². The Labute approximate surface area is 196 Å². The molecule has 0 aromatic carbocycles. The Hall–Kier alpha value is -0.860. The lowest BCUT2D eigenvalue weighted by Gasteiger charge is -2.45. The summed E-state index contributed by atoms with van der Waals surface area (Å²) in [6.45, 7) is 7.88. The van der Waals surface area contributed by atoms with Gasteiger partial charge in [-0.2, -0.15) is 0 Å². The van der Waals surface area contributed by atoms with Crippen LogP contribution in [0.25, 0.3) is 0 Å². The number of allylic oxidation sites excluding steroid dienone is 4. The first-order valence-corrected chi connectivity index (χ1v) is 13.8. The van der Waals surface area contributed by atoms with Crippen molar-refractivity contribution in [2.24, 2.45) is 35.5 Å². The lowest BCUT2D eigenvalue weighted by atomic mass is 9.61. The summed E-state index contributed by atoms with van der Waals surface area (Å²) in [5.41, 5.74) is 0.365. The Bertz CT molecular complexity index is 640. The van der Waals surface area contributed by atoms with Gasteiger partial charge in [-0.3, -0.25) is 0 Å². The molecular weight excluding hydrogens is 402 g/mol. The predicted molar refractivity (Wildman–Crippen MR) is 130 cm³/mol. The first kappa shape index (κ1) is 25.8. The van der Waals surface area contributed by atoms with E-state index in [9.17, 15) is 8.78 Å². The van der Waals surface area contributed by atoms with E-state index < -0.39 is 11.7 Å². The minimum Gasteiger partial charge on any atom is -0.494 e. The highest BCUT2D eigenvalue weighted by Crippen LogP contribution is 2.49. The second kappa shape index (κ2) is 12.6. The van der Waals surface area contributed by atoms with E-state index in [1.54, 1.807) is 13.8 Å². The molecule has 0 spiro atoms. The van der Waals surface area contributed by atoms with Crippen LogP contribution in [0.2, 0.25) is 0 Å². The Morgan fingerprint density at radius 3 is 1.91 bits per heavy atom. The number of unbranched alkanes of at least 4 members (excludes halogenated alkanes) is 1. The molecule has 0 radical (unpaired) electrons. The Balaban J connectivity index is 1.44. The van der Waals surface area contributed by atoms with E-state index in [2.05, 4.69) is 6.92 Å². The molecule has 4 atom stereocenters. The van der Waals surface area contributed by atoms with Gasteiger partial charge in [0.15, 0.2) is 11.7 Å². The van der Waals surface area contributed by atoms with Gasteiger partial charge in [-0.25, -0.2) is 8.78 Å². The third kappa shape index (κ3) is 6.83. The average Bonchev–Trinajstić information content (AvgIpc) is 2.82. The predicted octanol–water partition coefficient (Wildman–Crippen LogP) is 9.69. The summed E-state index contributed by atoms with van der Waals surface area (Å²) in [5.74, 6) is 3.79. The quantitative estimate of drug-likeness (QED) is 0.251. The molecule has 0 aromatic heterocycles. The topological polar surface area (TPSA) is 9.23 Å². The molecule has 0 amide bonds. The van der Waals surface area contributed by atoms with Crippen LogP contribution in [0.3, 0.4) is 0 Å². The van der Waals surface area contributed by atoms with Crippen molar-refractivity contribution < 1.29 is 13.5 Å². The van der Waals surface area contributed by atoms with Gasteiger partial charge in [0.1, 0.15) is 5.76 Å². The summed E-state index contributed by atoms with van der Waals surface area (Å²) in [7, 11) is 0. The van der Waals surface area contributed by atoms with Gasteiger partial charge < -0.3 is 4.74 Å². The van der Waals surface area contributed by atoms with Crippen molar-refractivity contribution in [3.8, 4) is 0 Å². The second-order valence-corrected chi connectivity index (χ2v) is 11.4. The lowest BCUT2D eigenvalue weighted by molar-refractivity contribution is 0.0368. The number of hydrogen-bond donors (Lipinski definition) is 0. The average molecular weight is 451 g/mol. The van der Waals surface area contributed by atoms with Crippen LogP contribution in [0, 0.1) is 35.5 Å². The minimum absolute atomic E-state index is 0.184. The van der Waals surface area contributed by atoms with E-state index in [1.165, 1.54) is 83.5 Å². The van der Waals surface area contributed by atoms with Crippen LogP contribution in [0.5, 0.6) is 0 Å². The standard InChI is InChI=1S/C29H48F2O/c1-5-7-8-21-9-12-23(13-10-21)25-16-15-24-17-22(11-14-26(24)18-25)19-32-27(6-2)29(31)28(30)20(3)4/h21-26H,5-19H2,1-4H3/b29-27-. The fourth-order valence-corrected chi connectivity index (χ4v) is 6.92. The van der Waals surface area contributed by atoms with Crippen molar-refractivity contribution in [1.29, 1.82) is 0 Å². The smallest absolute Gasteiger partial charge is 0.196 e. The van der Waals surface area contributed by atoms with Gasteiger partial charge in [0.2, 0.25) is 0 Å². The fourth-order valence-electron chi connectivity index (χ4n) is 6.92. The number of fused-ring (bicyclic) bond motifs is 1. The second-order valence-electron chi connectivity index (χ2n) is 11.4. The molecule has 3 aliphatic rings. The summed E-state index contributed by atoms with van der Waals surface area (Å²) in [4.78, 5) is 0. The number of ether oxygens (including phenoxy) is 1. The van der Waals surface area contributed by atoms with Gasteiger partial charge >= 0.3 is 0 Å². The zero-order chi connectivity index (χ0) is 23.1. The zero-order valence-electron chi connectivity index (χ0n) is 21.2. The van der Waals surface area contributed by atoms with Crippen molar-refractivity contribution in [3.05, 3.63) is 23.0 Å². The molecule has 1 nitrogen and oxygen atoms in total. The van der Waals surface area contributed by atoms with E-state index in [-0.39, 0.29) is 5.76 Å². The summed E-state index contributed by atoms with van der Waals surface area (Å²) < 4.78 is 34.2. The molecule has 0 saturated heterocycles. The van der Waals surface area contributed by atoms with Gasteiger partial charge in [0, 0.05) is 6.42 Å². The number of hydrogen-bond acceptors (Lipinski definition) is 1. The van der Waals surface area contributed by atoms with Gasteiger partial charge in [-0.1, -0.05) is 46.0 Å². The first-order valence-electron chi connectivity index (χ1n) is 13.8. The van der Waals surface area contributed by atoms with E-state index in [0.717, 1.165) is 29.6 Å². The molecule has 0 aliphatic heterocycles. The maximum Gasteiger partial charge on any atom is 0.196 e. The Morgan fingerprint density at radius 1 is 0.719 bits per heavy atom. The van der Waals surface area contributed by atoms with Crippen LogP contribution in [0.15, 0.2) is 23.0 Å². The third-order valence-corrected chi connectivity index (χ3v) is 8.98. The fraction of sp³-hybridized carbons (Fsp3) is 0.862. The number of rotatable bonds is 9. The van der Waals surface area contributed by atoms with Crippen molar-refractivity contribution in [1.82, 2.24) is 0 Å². The molecule has 3 fully saturated rings. The molecule has 184 valence electrons. The molecule has 0 heterocycles. The van der Waals surface area contributed by atoms with E-state index in [4.69, 9.17) is 4.74 Å². The zero-order valence-corrected chi connectivity index (χ0v) is 21.2. The maximum atomic E-state index is 14.4. The van der Waals surface area contributed by atoms with Crippen molar-refractivity contribution in [2.45, 2.75) is 118 Å². The van der Waals surface area contributed by atoms with Crippen molar-refractivity contribution in [3.63, 3.8) is 0 Å². The summed E-state index contributed by atoms with van der Waals surface area (Å²) in [5, 5.41) is 0. The summed E-state index contributed by atoms with van der Waals surface area (Å²) in [6.07, 6.45) is 18.5. The van der Waals surface area contributed by atoms with Crippen LogP contribution in [0.1, 0.15) is 118 Å². The monoisotopic (exact) mass is 450 g/mol. The molecule has 32 heavy (non-hydrogen) atoms. The molecule has 3 heteroatoms. The van der Waals surface area contributed by atoms with Crippen molar-refractivity contribution in [2.75, 3.05) is 6.61 Å². The highest BCUT2D eigenvalue weighted by Gasteiger charge is 2.39. The van der Waals surface area contributed by atoms with Crippen LogP contribution in [-0.4, -0.2) is 6.61 Å². The van der Waals surface area contributed by atoms with Crippen LogP contribution in [0.4, 0.5) is 8.78 Å². The van der Waals surface area contributed by atoms with Gasteiger partial charge in [-0.05, 0) is 106 Å². The first-order chi connectivity index (χ1) is 15.4. The van der Waals surface area contributed by atoms with E-state index in [1.807, 2.05) is 6.92 Å². The molecule has 0 aromatic rings. The molecule has 4 unspecified atom stereocenters. The number of halogens is 2. The van der Waals surface area contributed by atoms with E-state index >= 15 is 0 Å². The molecule has 0 N–H and O–H groups in total. The molecule has 0 bridgehead atoms. The molecule has 3 saturated carbocycles. The van der Waals surface area contributed by atoms with Gasteiger partial charge in [-0.15, -0.1) is 0 Å². The van der Waals surface area contributed by atoms with E-state index in [0.29, 0.717) is 24.5 Å². The summed E-state index contributed by atoms with van der Waals surface area (Å²) in [6, 6.07) is 0. The molecule has 3 aliphatic carbocycles. The largest absolute Gasteiger partial charge is 0.494 e. The SMILES string of the molecule is CCCCC1CCC(C2CCC3CC(CO/C(CC)=C(\F)C(F)=C(C)C)CCC3C2)CC1. The highest BCUT2D eigenvalue weighted by molar-refractivity contribution is 5.25. The van der Waals surface area contributed by atoms with Gasteiger partial charge in [0.05, 0.1) is 6.61 Å². The lowest BCUT2D eigenvalue weighted by Crippen LogP contribution is -2.35. The molecule has 3 rings (SSSR count). The van der Waals surface area contributed by atoms with Crippen molar-refractivity contribution >= 4 is 0 Å². The van der Waals surface area contributed by atoms with Gasteiger partial charge in [0.25, 0.3) is 0 Å². The maximum absolute atomic E-state index is 14.4. The minimum atomic E-state index is -0.800. The van der Waals surface area contributed by atoms with Crippen LogP contribution < -0.4 is 0 Å². The highest BCUT2D eigenvalue weighted by atomic mass is 19.2. The third-order valence-electron chi connectivity index (χ3n) is 8.98. The normalized spacial score (nSPS) is 33.8. The Morgan fingerprint density at radius 2 is 1.28 bits per heavy atom. The molecular formula is C29H48F2O. The summed E-state index contributed by atoms with van der Waals surface area (Å²) >= 11 is 0. The van der Waals surface area contributed by atoms with Crippen LogP contribution in [-0.2, 0) is 4.74 Å². The Kier molecular flexibility index (Phi) is 10.1.